The van der Waals surface area contributed by atoms with Crippen molar-refractivity contribution in [2.75, 3.05) is 13.2 Å². The Bertz CT molecular complexity index is 428. The molecule has 1 atom stereocenters. The molecule has 0 spiro atoms. The molecule has 1 rings (SSSR count). The first-order valence-corrected chi connectivity index (χ1v) is 6.73. The highest BCUT2D eigenvalue weighted by atomic mass is 16.3. The average molecular weight is 282 g/mol. The fraction of sp³-hybridized carbons (Fsp3) is 0.571. The van der Waals surface area contributed by atoms with E-state index in [0.29, 0.717) is 13.0 Å². The van der Waals surface area contributed by atoms with Gasteiger partial charge in [-0.05, 0) is 39.3 Å². The molecular formula is C14H22N2O4. The zero-order valence-electron chi connectivity index (χ0n) is 12.1. The van der Waals surface area contributed by atoms with Crippen LogP contribution >= 0.6 is 0 Å². The Morgan fingerprint density at radius 1 is 1.40 bits per heavy atom. The van der Waals surface area contributed by atoms with Crippen LogP contribution in [0.15, 0.2) is 22.8 Å². The minimum Gasteiger partial charge on any atom is -0.459 e. The molecule has 0 aliphatic rings. The maximum absolute atomic E-state index is 12.3. The third-order valence-corrected chi connectivity index (χ3v) is 2.93. The standard InChI is InChI=1S/C14H22N2O4/c1-10(2)16(7-5-8-17)14(19)11(3)15-13(18)12-6-4-9-20-12/h4,6,9-11,17H,5,7-8H2,1-3H3,(H,15,18). The number of nitrogens with one attached hydrogen (secondary N) is 1. The average Bonchev–Trinajstić information content (AvgIpc) is 2.92. The SMILES string of the molecule is CC(NC(=O)c1ccco1)C(=O)N(CCCO)C(C)C. The van der Waals surface area contributed by atoms with E-state index in [1.807, 2.05) is 13.8 Å². The van der Waals surface area contributed by atoms with Gasteiger partial charge in [-0.1, -0.05) is 0 Å². The molecule has 0 aliphatic heterocycles. The summed E-state index contributed by atoms with van der Waals surface area (Å²) in [7, 11) is 0. The zero-order valence-corrected chi connectivity index (χ0v) is 12.1. The monoisotopic (exact) mass is 282 g/mol. The molecule has 0 aliphatic carbocycles. The molecule has 6 nitrogen and oxygen atoms in total. The zero-order chi connectivity index (χ0) is 15.1. The Morgan fingerprint density at radius 2 is 2.10 bits per heavy atom. The molecule has 112 valence electrons. The Morgan fingerprint density at radius 3 is 2.60 bits per heavy atom. The van der Waals surface area contributed by atoms with Gasteiger partial charge in [-0.2, -0.15) is 0 Å². The Kier molecular flexibility index (Phi) is 6.24. The van der Waals surface area contributed by atoms with Gasteiger partial charge < -0.3 is 19.7 Å². The van der Waals surface area contributed by atoms with E-state index in [2.05, 4.69) is 5.32 Å². The fourth-order valence-corrected chi connectivity index (χ4v) is 1.85. The van der Waals surface area contributed by atoms with Gasteiger partial charge >= 0.3 is 0 Å². The van der Waals surface area contributed by atoms with E-state index < -0.39 is 11.9 Å². The van der Waals surface area contributed by atoms with Gasteiger partial charge in [0.15, 0.2) is 5.76 Å². The summed E-state index contributed by atoms with van der Waals surface area (Å²) in [5, 5.41) is 11.5. The first-order chi connectivity index (χ1) is 9.47. The van der Waals surface area contributed by atoms with Crippen LogP contribution in [0.2, 0.25) is 0 Å². The first-order valence-electron chi connectivity index (χ1n) is 6.73. The number of hydrogen-bond acceptors (Lipinski definition) is 4. The number of carbonyl (C=O) groups is 2. The molecule has 0 aromatic carbocycles. The second kappa shape index (κ2) is 7.69. The highest BCUT2D eigenvalue weighted by Crippen LogP contribution is 2.05. The second-order valence-corrected chi connectivity index (χ2v) is 4.87. The summed E-state index contributed by atoms with van der Waals surface area (Å²) in [5.74, 6) is -0.411. The molecule has 2 amide bonds. The summed E-state index contributed by atoms with van der Waals surface area (Å²) >= 11 is 0. The largest absolute Gasteiger partial charge is 0.459 e. The third kappa shape index (κ3) is 4.38. The van der Waals surface area contributed by atoms with E-state index in [1.54, 1.807) is 24.0 Å². The number of nitrogens with zero attached hydrogens (tertiary/aromatic N) is 1. The minimum absolute atomic E-state index is 0.0111. The molecule has 1 unspecified atom stereocenters. The van der Waals surface area contributed by atoms with Gasteiger partial charge in [0.05, 0.1) is 6.26 Å². The van der Waals surface area contributed by atoms with Crippen LogP contribution in [-0.2, 0) is 4.79 Å². The van der Waals surface area contributed by atoms with Crippen LogP contribution in [-0.4, -0.2) is 47.1 Å². The van der Waals surface area contributed by atoms with Gasteiger partial charge in [0, 0.05) is 19.2 Å². The molecule has 0 bridgehead atoms. The van der Waals surface area contributed by atoms with Crippen molar-refractivity contribution in [3.8, 4) is 0 Å². The van der Waals surface area contributed by atoms with E-state index in [1.165, 1.54) is 6.26 Å². The van der Waals surface area contributed by atoms with Crippen molar-refractivity contribution in [3.05, 3.63) is 24.2 Å². The third-order valence-electron chi connectivity index (χ3n) is 2.93. The predicted molar refractivity (Wildman–Crippen MR) is 74.2 cm³/mol. The Labute approximate surface area is 118 Å². The number of carbonyl (C=O) groups excluding carboxylic acids is 2. The molecular weight excluding hydrogens is 260 g/mol. The normalized spacial score (nSPS) is 12.2. The molecule has 1 aromatic heterocycles. The first kappa shape index (κ1) is 16.2. The Hall–Kier alpha value is -1.82. The minimum atomic E-state index is -0.645. The molecule has 6 heteroatoms. The molecule has 1 aromatic rings. The lowest BCUT2D eigenvalue weighted by Crippen LogP contribution is -2.49. The maximum atomic E-state index is 12.3. The quantitative estimate of drug-likeness (QED) is 0.782. The van der Waals surface area contributed by atoms with E-state index >= 15 is 0 Å². The number of aliphatic hydroxyl groups is 1. The summed E-state index contributed by atoms with van der Waals surface area (Å²) in [6, 6.07) is 2.52. The van der Waals surface area contributed by atoms with Crippen LogP contribution in [0.4, 0.5) is 0 Å². The van der Waals surface area contributed by atoms with Crippen molar-refractivity contribution in [1.82, 2.24) is 10.2 Å². The molecule has 1 heterocycles. The number of aliphatic hydroxyl groups excluding tert-OH is 1. The van der Waals surface area contributed by atoms with Gasteiger partial charge in [0.25, 0.3) is 5.91 Å². The molecule has 0 saturated carbocycles. The van der Waals surface area contributed by atoms with Crippen molar-refractivity contribution in [2.45, 2.75) is 39.3 Å². The van der Waals surface area contributed by atoms with Crippen molar-refractivity contribution in [2.24, 2.45) is 0 Å². The second-order valence-electron chi connectivity index (χ2n) is 4.87. The lowest BCUT2D eigenvalue weighted by atomic mass is 10.2. The van der Waals surface area contributed by atoms with Crippen molar-refractivity contribution in [3.63, 3.8) is 0 Å². The lowest BCUT2D eigenvalue weighted by molar-refractivity contribution is -0.134. The summed E-state index contributed by atoms with van der Waals surface area (Å²) in [6.07, 6.45) is 1.92. The molecule has 0 saturated heterocycles. The van der Waals surface area contributed by atoms with Gasteiger partial charge in [0.2, 0.25) is 5.91 Å². The van der Waals surface area contributed by atoms with Crippen LogP contribution in [0.5, 0.6) is 0 Å². The number of rotatable bonds is 7. The number of furan rings is 1. The predicted octanol–water partition coefficient (Wildman–Crippen LogP) is 1.02. The van der Waals surface area contributed by atoms with E-state index in [4.69, 9.17) is 9.52 Å². The maximum Gasteiger partial charge on any atom is 0.287 e. The van der Waals surface area contributed by atoms with Gasteiger partial charge in [-0.3, -0.25) is 9.59 Å². The smallest absolute Gasteiger partial charge is 0.287 e. The molecule has 20 heavy (non-hydrogen) atoms. The highest BCUT2D eigenvalue weighted by Gasteiger charge is 2.24. The van der Waals surface area contributed by atoms with Crippen LogP contribution < -0.4 is 5.32 Å². The van der Waals surface area contributed by atoms with E-state index in [0.717, 1.165) is 0 Å². The van der Waals surface area contributed by atoms with Crippen LogP contribution in [0.25, 0.3) is 0 Å². The highest BCUT2D eigenvalue weighted by molar-refractivity contribution is 5.95. The number of hydrogen-bond donors (Lipinski definition) is 2. The van der Waals surface area contributed by atoms with E-state index in [-0.39, 0.29) is 24.3 Å². The lowest BCUT2D eigenvalue weighted by Gasteiger charge is -2.29. The summed E-state index contributed by atoms with van der Waals surface area (Å²) in [6.45, 7) is 5.93. The molecule has 0 fully saturated rings. The van der Waals surface area contributed by atoms with Crippen LogP contribution in [0.3, 0.4) is 0 Å². The van der Waals surface area contributed by atoms with Gasteiger partial charge in [-0.25, -0.2) is 0 Å². The van der Waals surface area contributed by atoms with Gasteiger partial charge in [0.1, 0.15) is 6.04 Å². The van der Waals surface area contributed by atoms with Crippen molar-refractivity contribution < 1.29 is 19.1 Å². The molecule has 0 radical (unpaired) electrons. The van der Waals surface area contributed by atoms with E-state index in [9.17, 15) is 9.59 Å². The summed E-state index contributed by atoms with van der Waals surface area (Å²) in [4.78, 5) is 25.7. The number of amides is 2. The molecule has 2 N–H and O–H groups in total. The van der Waals surface area contributed by atoms with Gasteiger partial charge in [-0.15, -0.1) is 0 Å². The van der Waals surface area contributed by atoms with Crippen molar-refractivity contribution in [1.29, 1.82) is 0 Å². The van der Waals surface area contributed by atoms with Crippen molar-refractivity contribution >= 4 is 11.8 Å². The summed E-state index contributed by atoms with van der Waals surface area (Å²) < 4.78 is 4.98. The van der Waals surface area contributed by atoms with Crippen LogP contribution in [0.1, 0.15) is 37.7 Å². The Balaban J connectivity index is 2.62. The van der Waals surface area contributed by atoms with Crippen LogP contribution in [0, 0.1) is 0 Å². The summed E-state index contributed by atoms with van der Waals surface area (Å²) in [5.41, 5.74) is 0. The topological polar surface area (TPSA) is 82.8 Å². The fourth-order valence-electron chi connectivity index (χ4n) is 1.85.